The van der Waals surface area contributed by atoms with Crippen molar-refractivity contribution >= 4 is 22.6 Å². The number of ether oxygens (including phenoxy) is 3. The van der Waals surface area contributed by atoms with Gasteiger partial charge in [0.2, 0.25) is 11.7 Å². The van der Waals surface area contributed by atoms with E-state index in [1.165, 1.54) is 6.08 Å². The predicted molar refractivity (Wildman–Crippen MR) is 151 cm³/mol. The van der Waals surface area contributed by atoms with Gasteiger partial charge in [0.15, 0.2) is 11.9 Å². The number of benzene rings is 1. The Morgan fingerprint density at radius 2 is 2.17 bits per heavy atom. The molecule has 12 nitrogen and oxygen atoms in total. The first kappa shape index (κ1) is 26.8. The number of likely N-dealkylation sites (N-methyl/N-ethyl adjacent to an activating group) is 1. The van der Waals surface area contributed by atoms with Crippen LogP contribution in [0.2, 0.25) is 0 Å². The van der Waals surface area contributed by atoms with Crippen molar-refractivity contribution in [2.75, 3.05) is 51.3 Å². The first-order valence-corrected chi connectivity index (χ1v) is 14.0. The van der Waals surface area contributed by atoms with Crippen molar-refractivity contribution in [3.63, 3.8) is 0 Å². The highest BCUT2D eigenvalue weighted by Gasteiger charge is 2.36. The molecule has 1 amide bonds. The van der Waals surface area contributed by atoms with Crippen molar-refractivity contribution in [2.24, 2.45) is 0 Å². The number of aromatic nitrogens is 4. The van der Waals surface area contributed by atoms with Crippen LogP contribution in [-0.2, 0) is 4.79 Å². The largest absolute Gasteiger partial charge is 0.481 e. The van der Waals surface area contributed by atoms with Crippen molar-refractivity contribution in [1.82, 2.24) is 30.0 Å². The van der Waals surface area contributed by atoms with E-state index in [9.17, 15) is 10.1 Å². The average Bonchev–Trinajstić information content (AvgIpc) is 3.63. The van der Waals surface area contributed by atoms with E-state index < -0.39 is 6.10 Å². The molecule has 3 aliphatic rings. The van der Waals surface area contributed by atoms with Gasteiger partial charge in [0, 0.05) is 36.6 Å². The molecule has 0 spiro atoms. The van der Waals surface area contributed by atoms with Crippen molar-refractivity contribution < 1.29 is 19.0 Å². The third-order valence-corrected chi connectivity index (χ3v) is 8.28. The highest BCUT2D eigenvalue weighted by atomic mass is 16.6. The van der Waals surface area contributed by atoms with Gasteiger partial charge in [-0.1, -0.05) is 12.6 Å². The zero-order valence-corrected chi connectivity index (χ0v) is 23.4. The van der Waals surface area contributed by atoms with Gasteiger partial charge in [-0.05, 0) is 51.1 Å². The second-order valence-electron chi connectivity index (χ2n) is 10.8. The average molecular weight is 559 g/mol. The Balaban J connectivity index is 1.34. The lowest BCUT2D eigenvalue weighted by atomic mass is 9.99. The fourth-order valence-electron chi connectivity index (χ4n) is 6.03. The molecule has 1 aromatic carbocycles. The van der Waals surface area contributed by atoms with Gasteiger partial charge in [0.05, 0.1) is 30.2 Å². The third kappa shape index (κ3) is 5.13. The fourth-order valence-corrected chi connectivity index (χ4v) is 6.03. The van der Waals surface area contributed by atoms with E-state index in [4.69, 9.17) is 19.2 Å². The Bertz CT molecular complexity index is 1500. The summed E-state index contributed by atoms with van der Waals surface area (Å²) >= 11 is 0. The van der Waals surface area contributed by atoms with Gasteiger partial charge in [-0.25, -0.2) is 0 Å². The number of likely N-dealkylation sites (tertiary alicyclic amines) is 1. The van der Waals surface area contributed by atoms with Gasteiger partial charge >= 0.3 is 6.01 Å². The van der Waals surface area contributed by atoms with Gasteiger partial charge in [-0.2, -0.15) is 20.3 Å². The Morgan fingerprint density at radius 1 is 1.29 bits per heavy atom. The number of carbonyl (C=O) groups is 1. The highest BCUT2D eigenvalue weighted by molar-refractivity contribution is 5.87. The number of nitriles is 1. The van der Waals surface area contributed by atoms with Crippen LogP contribution >= 0.6 is 0 Å². The maximum Gasteiger partial charge on any atom is 0.322 e. The Labute approximate surface area is 238 Å². The highest BCUT2D eigenvalue weighted by Crippen LogP contribution is 2.44. The Morgan fingerprint density at radius 3 is 2.95 bits per heavy atom. The number of rotatable bonds is 7. The summed E-state index contributed by atoms with van der Waals surface area (Å²) in [5.41, 5.74) is 2.97. The minimum Gasteiger partial charge on any atom is -0.481 e. The molecule has 1 N–H and O–H groups in total. The maximum atomic E-state index is 12.5. The van der Waals surface area contributed by atoms with E-state index in [-0.39, 0.29) is 37.0 Å². The molecule has 12 heteroatoms. The standard InChI is InChI=1S/C29H34N8O4/c1-4-24(38)37-13-12-36(15-19(37)9-10-30)27-26-28(33-29(32-27)40-16-20-6-5-11-35(20)3)41-23(17-39-26)25-18(2)7-8-22-21(25)14-31-34-22/h4,7-8,14,19-20,23H,1,5-6,9,11-13,15-17H2,2-3H3,(H,31,34)/t19-,20-,23?/m0/s1. The molecule has 0 bridgehead atoms. The number of aryl methyl sites for hydroxylation is 1. The van der Waals surface area contributed by atoms with E-state index in [0.29, 0.717) is 43.7 Å². The first-order chi connectivity index (χ1) is 20.0. The number of nitrogens with zero attached hydrogens (tertiary/aromatic N) is 7. The van der Waals surface area contributed by atoms with Gasteiger partial charge in [-0.3, -0.25) is 9.89 Å². The van der Waals surface area contributed by atoms with Crippen LogP contribution in [0.3, 0.4) is 0 Å². The number of aromatic amines is 1. The number of fused-ring (bicyclic) bond motifs is 2. The number of amides is 1. The summed E-state index contributed by atoms with van der Waals surface area (Å²) in [6, 6.07) is 6.42. The van der Waals surface area contributed by atoms with Crippen molar-refractivity contribution in [2.45, 2.75) is 44.4 Å². The van der Waals surface area contributed by atoms with Crippen LogP contribution in [0.25, 0.3) is 10.9 Å². The zero-order chi connectivity index (χ0) is 28.5. The number of hydrogen-bond acceptors (Lipinski definition) is 10. The second-order valence-corrected chi connectivity index (χ2v) is 10.8. The van der Waals surface area contributed by atoms with E-state index >= 15 is 0 Å². The molecule has 0 saturated carbocycles. The number of H-pyrrole nitrogens is 1. The van der Waals surface area contributed by atoms with Crippen LogP contribution in [0.5, 0.6) is 17.6 Å². The zero-order valence-electron chi connectivity index (χ0n) is 23.4. The molecule has 2 aromatic heterocycles. The van der Waals surface area contributed by atoms with E-state index in [1.54, 1.807) is 11.1 Å². The van der Waals surface area contributed by atoms with Crippen LogP contribution in [0.1, 0.15) is 36.5 Å². The molecule has 2 saturated heterocycles. The van der Waals surface area contributed by atoms with Crippen LogP contribution in [0.15, 0.2) is 31.0 Å². The number of anilines is 1. The molecule has 0 radical (unpaired) electrons. The van der Waals surface area contributed by atoms with E-state index in [2.05, 4.69) is 39.8 Å². The summed E-state index contributed by atoms with van der Waals surface area (Å²) in [6.07, 6.45) is 5.06. The van der Waals surface area contributed by atoms with Crippen molar-refractivity contribution in [3.05, 3.63) is 42.1 Å². The lowest BCUT2D eigenvalue weighted by Crippen LogP contribution is -2.55. The van der Waals surface area contributed by atoms with Crippen LogP contribution < -0.4 is 19.1 Å². The molecule has 3 aliphatic heterocycles. The molecule has 214 valence electrons. The number of hydrogen-bond donors (Lipinski definition) is 1. The van der Waals surface area contributed by atoms with E-state index in [1.807, 2.05) is 24.0 Å². The van der Waals surface area contributed by atoms with Gasteiger partial charge in [-0.15, -0.1) is 0 Å². The molecule has 0 aliphatic carbocycles. The first-order valence-electron chi connectivity index (χ1n) is 14.0. The lowest BCUT2D eigenvalue weighted by Gasteiger charge is -2.41. The molecular weight excluding hydrogens is 524 g/mol. The molecule has 1 unspecified atom stereocenters. The number of carbonyl (C=O) groups excluding carboxylic acids is 1. The van der Waals surface area contributed by atoms with Crippen molar-refractivity contribution in [1.29, 1.82) is 5.26 Å². The van der Waals surface area contributed by atoms with Crippen LogP contribution in [0, 0.1) is 18.3 Å². The Hall–Kier alpha value is -4.37. The third-order valence-electron chi connectivity index (χ3n) is 8.28. The summed E-state index contributed by atoms with van der Waals surface area (Å²) in [5.74, 6) is 1.09. The quantitative estimate of drug-likeness (QED) is 0.432. The van der Waals surface area contributed by atoms with Crippen molar-refractivity contribution in [3.8, 4) is 23.7 Å². The number of nitrogens with one attached hydrogen (secondary N) is 1. The second kappa shape index (κ2) is 11.2. The minimum absolute atomic E-state index is 0.189. The molecule has 2 fully saturated rings. The maximum absolute atomic E-state index is 12.5. The molecule has 3 aromatic rings. The topological polar surface area (TPSA) is 133 Å². The van der Waals surface area contributed by atoms with Crippen LogP contribution in [-0.4, -0.2) is 94.4 Å². The molecule has 6 rings (SSSR count). The molecular formula is C29H34N8O4. The van der Waals surface area contributed by atoms with E-state index in [0.717, 1.165) is 41.4 Å². The fraction of sp³-hybridized carbons (Fsp3) is 0.483. The summed E-state index contributed by atoms with van der Waals surface area (Å²) in [7, 11) is 2.10. The molecule has 5 heterocycles. The predicted octanol–water partition coefficient (Wildman–Crippen LogP) is 2.76. The Kier molecular flexibility index (Phi) is 7.36. The molecule has 41 heavy (non-hydrogen) atoms. The molecule has 3 atom stereocenters. The summed E-state index contributed by atoms with van der Waals surface area (Å²) in [5, 5.41) is 17.7. The summed E-state index contributed by atoms with van der Waals surface area (Å²) in [6.45, 7) is 8.74. The number of piperazine rings is 1. The minimum atomic E-state index is -0.409. The smallest absolute Gasteiger partial charge is 0.322 e. The summed E-state index contributed by atoms with van der Waals surface area (Å²) in [4.78, 5) is 27.9. The van der Waals surface area contributed by atoms with Crippen LogP contribution in [0.4, 0.5) is 5.82 Å². The monoisotopic (exact) mass is 558 g/mol. The van der Waals surface area contributed by atoms with Gasteiger partial charge in [0.25, 0.3) is 5.88 Å². The summed E-state index contributed by atoms with van der Waals surface area (Å²) < 4.78 is 19.0. The normalized spacial score (nSPS) is 22.5. The van der Waals surface area contributed by atoms with Gasteiger partial charge in [0.1, 0.15) is 13.2 Å². The van der Waals surface area contributed by atoms with Gasteiger partial charge < -0.3 is 28.9 Å². The SMILES string of the molecule is C=CC(=O)N1CCN(c2nc(OC[C@@H]3CCCN3C)nc3c2OCC(c2c(C)ccc4[nH]ncc24)O3)C[C@@H]1CC#N. The lowest BCUT2D eigenvalue weighted by molar-refractivity contribution is -0.128.